The van der Waals surface area contributed by atoms with Crippen molar-refractivity contribution in [2.45, 2.75) is 91.5 Å². The van der Waals surface area contributed by atoms with Gasteiger partial charge in [0.1, 0.15) is 0 Å². The molecule has 0 saturated carbocycles. The average molecular weight is 357 g/mol. The zero-order valence-corrected chi connectivity index (χ0v) is 17.2. The van der Waals surface area contributed by atoms with Crippen LogP contribution < -0.4 is 0 Å². The van der Waals surface area contributed by atoms with Crippen LogP contribution in [0.2, 0.25) is 0 Å². The Balaban J connectivity index is -0.000000315. The van der Waals surface area contributed by atoms with Crippen LogP contribution in [-0.2, 0) is 16.8 Å². The zero-order valence-electron chi connectivity index (χ0n) is 16.2. The predicted molar refractivity (Wildman–Crippen MR) is 97.8 cm³/mol. The third kappa shape index (κ3) is 18.4. The summed E-state index contributed by atoms with van der Waals surface area (Å²) in [6.45, 7) is 15.6. The number of hydrogen-bond acceptors (Lipinski definition) is 0. The van der Waals surface area contributed by atoms with Crippen LogP contribution in [-0.4, -0.2) is 44.4 Å². The Morgan fingerprint density at radius 1 is 0.864 bits per heavy atom. The van der Waals surface area contributed by atoms with E-state index < -0.39 is 0 Å². The second-order valence-electron chi connectivity index (χ2n) is 6.31. The molecule has 3 atom stereocenters. The Labute approximate surface area is 150 Å². The van der Waals surface area contributed by atoms with Crippen molar-refractivity contribution in [1.82, 2.24) is 0 Å². The fourth-order valence-electron chi connectivity index (χ4n) is 2.09. The molecule has 1 radical (unpaired) electrons. The molecule has 22 heavy (non-hydrogen) atoms. The first-order valence-corrected chi connectivity index (χ1v) is 8.30. The predicted octanol–water partition coefficient (Wildman–Crippen LogP) is 5.84. The fourth-order valence-corrected chi connectivity index (χ4v) is 2.09. The molecule has 0 spiro atoms. The van der Waals surface area contributed by atoms with E-state index in [1.54, 1.807) is 0 Å². The molecule has 0 rings (SSSR count). The molecule has 0 aliphatic heterocycles. The molecule has 0 aromatic rings. The summed E-state index contributed by atoms with van der Waals surface area (Å²) in [4.78, 5) is 0. The van der Waals surface area contributed by atoms with Gasteiger partial charge in [0.25, 0.3) is 0 Å². The molecule has 0 saturated heterocycles. The first-order chi connectivity index (χ1) is 9.73. The summed E-state index contributed by atoms with van der Waals surface area (Å²) >= 11 is 0. The average Bonchev–Trinajstić information content (AvgIpc) is 2.39. The quantitative estimate of drug-likeness (QED) is 0.498. The van der Waals surface area contributed by atoms with E-state index in [1.165, 1.54) is 0 Å². The number of rotatable bonds is 9. The van der Waals surface area contributed by atoms with Gasteiger partial charge in [0, 0.05) is 16.8 Å². The van der Waals surface area contributed by atoms with Gasteiger partial charge in [-0.2, -0.15) is 20.6 Å². The van der Waals surface area contributed by atoms with Crippen LogP contribution in [0.15, 0.2) is 0 Å². The number of hydrogen-bond donors (Lipinski definition) is 0. The fraction of sp³-hybridized carbons (Fsp3) is 1.00. The maximum Gasteiger partial charge on any atom is 0 e. The summed E-state index contributed by atoms with van der Waals surface area (Å²) in [5.41, 5.74) is 0.0537. The third-order valence-corrected chi connectivity index (χ3v) is 3.24. The molecule has 139 valence electrons. The van der Waals surface area contributed by atoms with Gasteiger partial charge >= 0.3 is 0 Å². The van der Waals surface area contributed by atoms with Crippen LogP contribution >= 0.6 is 0 Å². The Hall–Kier alpha value is 0.346. The van der Waals surface area contributed by atoms with E-state index >= 15 is 0 Å². The normalized spacial score (nSPS) is 15.1. The summed E-state index contributed by atoms with van der Waals surface area (Å²) in [5.74, 6) is 0. The van der Waals surface area contributed by atoms with E-state index in [1.807, 2.05) is 27.9 Å². The van der Waals surface area contributed by atoms with Crippen LogP contribution in [0.25, 0.3) is 21.3 Å². The van der Waals surface area contributed by atoms with Gasteiger partial charge in [-0.05, 0) is 0 Å². The minimum atomic E-state index is 0. The maximum absolute atomic E-state index is 4.43. The molecule has 3 unspecified atom stereocenters. The van der Waals surface area contributed by atoms with Crippen molar-refractivity contribution in [3.8, 4) is 0 Å². The van der Waals surface area contributed by atoms with Gasteiger partial charge in [0.15, 0.2) is 0 Å². The Bertz CT molecular complexity index is 201. The first kappa shape index (κ1) is 27.2. The van der Waals surface area contributed by atoms with Crippen molar-refractivity contribution in [3.63, 3.8) is 0 Å². The molecule has 0 heterocycles. The van der Waals surface area contributed by atoms with Gasteiger partial charge in [0.2, 0.25) is 0 Å². The molecule has 0 aromatic carbocycles. The van der Waals surface area contributed by atoms with Crippen LogP contribution in [0, 0.1) is 0 Å². The summed E-state index contributed by atoms with van der Waals surface area (Å²) < 4.78 is 0. The molecular weight excluding hydrogens is 319 g/mol. The summed E-state index contributed by atoms with van der Waals surface area (Å²) in [7, 11) is 3.80. The van der Waals surface area contributed by atoms with Crippen LogP contribution in [0.4, 0.5) is 0 Å². The van der Waals surface area contributed by atoms with Gasteiger partial charge in [-0.1, -0.05) is 60.8 Å². The van der Waals surface area contributed by atoms with Crippen LogP contribution in [0.1, 0.15) is 67.7 Å². The van der Waals surface area contributed by atoms with E-state index in [2.05, 4.69) is 55.9 Å². The number of nitrogens with zero attached hydrogens (tertiary/aromatic N) is 4. The van der Waals surface area contributed by atoms with E-state index in [-0.39, 0.29) is 28.5 Å². The van der Waals surface area contributed by atoms with Gasteiger partial charge < -0.3 is 21.3 Å². The van der Waals surface area contributed by atoms with Crippen LogP contribution in [0.3, 0.4) is 0 Å². The minimum absolute atomic E-state index is 0. The van der Waals surface area contributed by atoms with Crippen molar-refractivity contribution >= 4 is 0 Å². The Morgan fingerprint density at radius 3 is 1.50 bits per heavy atom. The summed E-state index contributed by atoms with van der Waals surface area (Å²) in [6.07, 6.45) is 3.57. The van der Waals surface area contributed by atoms with Gasteiger partial charge in [-0.25, -0.2) is 6.17 Å². The summed E-state index contributed by atoms with van der Waals surface area (Å²) in [6, 6.07) is 1.03. The Morgan fingerprint density at radius 2 is 1.27 bits per heavy atom. The topological polar surface area (TPSA) is 56.4 Å². The van der Waals surface area contributed by atoms with Crippen molar-refractivity contribution in [2.75, 3.05) is 20.6 Å². The molecule has 0 fully saturated rings. The molecule has 0 bridgehead atoms. The van der Waals surface area contributed by atoms with Crippen molar-refractivity contribution in [3.05, 3.63) is 21.3 Å². The van der Waals surface area contributed by atoms with Gasteiger partial charge in [0.05, 0.1) is 0 Å². The molecule has 0 N–H and O–H groups in total. The largest absolute Gasteiger partial charge is 0.678 e. The van der Waals surface area contributed by atoms with E-state index in [4.69, 9.17) is 0 Å². The van der Waals surface area contributed by atoms with Gasteiger partial charge in [-0.15, -0.1) is 24.5 Å². The molecule has 5 heteroatoms. The van der Waals surface area contributed by atoms with E-state index in [0.29, 0.717) is 12.1 Å². The van der Waals surface area contributed by atoms with Crippen molar-refractivity contribution in [1.29, 1.82) is 0 Å². The Kier molecular flexibility index (Phi) is 20.0. The molecule has 0 aliphatic rings. The molecule has 0 aliphatic carbocycles. The molecule has 0 aromatic heterocycles. The minimum Gasteiger partial charge on any atom is -0.678 e. The van der Waals surface area contributed by atoms with Gasteiger partial charge in [-0.3, -0.25) is 0 Å². The zero-order chi connectivity index (χ0) is 16.9. The van der Waals surface area contributed by atoms with Crippen molar-refractivity contribution < 1.29 is 16.8 Å². The summed E-state index contributed by atoms with van der Waals surface area (Å²) in [5, 5.41) is 17.2. The second-order valence-corrected chi connectivity index (χ2v) is 6.31. The molecule has 4 nitrogen and oxygen atoms in total. The third-order valence-electron chi connectivity index (χ3n) is 3.24. The standard InChI is InChI=1S/C9H20N2.C8H18N2.Co/c1-5-8(10-3)7-9(6-2)11-4;1-6-9-7(2)10-8(3,4)5;/h8-9H,5-7H2,1-4H3;7H,6H2,1-5H3;/q2*-2;. The maximum atomic E-state index is 4.43. The molecule has 0 amide bonds. The monoisotopic (exact) mass is 357 g/mol. The molecular formula is C17H38CoN4-4. The van der Waals surface area contributed by atoms with E-state index in [9.17, 15) is 0 Å². The van der Waals surface area contributed by atoms with E-state index in [0.717, 1.165) is 25.8 Å². The SMILES string of the molecule is CCC(CC(CC)[N-]C)[N-]C.CC[N-]C(C)[N-]C(C)(C)C.[Co]. The van der Waals surface area contributed by atoms with Crippen LogP contribution in [0.5, 0.6) is 0 Å². The second kappa shape index (κ2) is 16.2. The first-order valence-electron chi connectivity index (χ1n) is 8.30. The van der Waals surface area contributed by atoms with Crippen molar-refractivity contribution in [2.24, 2.45) is 0 Å². The smallest absolute Gasteiger partial charge is 0 e.